The Morgan fingerprint density at radius 3 is 2.27 bits per heavy atom. The molecule has 0 saturated heterocycles. The summed E-state index contributed by atoms with van der Waals surface area (Å²) in [4.78, 5) is 12.4. The molecule has 0 fully saturated rings. The van der Waals surface area contributed by atoms with E-state index in [1.54, 1.807) is 12.1 Å². The Hall–Kier alpha value is -2.34. The van der Waals surface area contributed by atoms with Crippen molar-refractivity contribution < 1.29 is 13.2 Å². The SMILES string of the molecule is Cc1ccc(N(CCC(=O)Nc2ccccc2C(C)C)S(C)(=O)=O)cc1. The van der Waals surface area contributed by atoms with Crippen LogP contribution in [0.4, 0.5) is 11.4 Å². The van der Waals surface area contributed by atoms with Crippen LogP contribution < -0.4 is 9.62 Å². The van der Waals surface area contributed by atoms with Gasteiger partial charge in [0.2, 0.25) is 15.9 Å². The Morgan fingerprint density at radius 2 is 1.69 bits per heavy atom. The summed E-state index contributed by atoms with van der Waals surface area (Å²) in [5, 5.41) is 2.90. The Labute approximate surface area is 156 Å². The van der Waals surface area contributed by atoms with Crippen molar-refractivity contribution in [1.29, 1.82) is 0 Å². The van der Waals surface area contributed by atoms with Crippen LogP contribution in [0.1, 0.15) is 37.3 Å². The number of amides is 1. The normalized spacial score (nSPS) is 11.4. The molecular weight excluding hydrogens is 348 g/mol. The molecule has 0 bridgehead atoms. The summed E-state index contributed by atoms with van der Waals surface area (Å²) in [7, 11) is -3.47. The quantitative estimate of drug-likeness (QED) is 0.799. The number of nitrogens with one attached hydrogen (secondary N) is 1. The molecule has 0 unspecified atom stereocenters. The number of hydrogen-bond donors (Lipinski definition) is 1. The number of hydrogen-bond acceptors (Lipinski definition) is 3. The van der Waals surface area contributed by atoms with E-state index in [-0.39, 0.29) is 24.8 Å². The van der Waals surface area contributed by atoms with Gasteiger partial charge in [-0.25, -0.2) is 8.42 Å². The molecule has 26 heavy (non-hydrogen) atoms. The van der Waals surface area contributed by atoms with Crippen molar-refractivity contribution in [2.24, 2.45) is 0 Å². The monoisotopic (exact) mass is 374 g/mol. The van der Waals surface area contributed by atoms with Gasteiger partial charge in [0.15, 0.2) is 0 Å². The summed E-state index contributed by atoms with van der Waals surface area (Å²) in [5.41, 5.74) is 3.44. The van der Waals surface area contributed by atoms with Crippen molar-refractivity contribution in [1.82, 2.24) is 0 Å². The van der Waals surface area contributed by atoms with E-state index >= 15 is 0 Å². The van der Waals surface area contributed by atoms with E-state index in [9.17, 15) is 13.2 Å². The average Bonchev–Trinajstić information content (AvgIpc) is 2.55. The van der Waals surface area contributed by atoms with Crippen LogP contribution in [0.5, 0.6) is 0 Å². The second-order valence-electron chi connectivity index (χ2n) is 6.71. The molecular formula is C20H26N2O3S. The molecule has 0 aliphatic carbocycles. The highest BCUT2D eigenvalue weighted by Gasteiger charge is 2.19. The van der Waals surface area contributed by atoms with Gasteiger partial charge in [-0.3, -0.25) is 9.10 Å². The fourth-order valence-corrected chi connectivity index (χ4v) is 3.66. The van der Waals surface area contributed by atoms with Gasteiger partial charge >= 0.3 is 0 Å². The van der Waals surface area contributed by atoms with Crippen molar-refractivity contribution in [2.75, 3.05) is 22.4 Å². The van der Waals surface area contributed by atoms with Crippen molar-refractivity contribution in [3.63, 3.8) is 0 Å². The van der Waals surface area contributed by atoms with E-state index < -0.39 is 10.0 Å². The van der Waals surface area contributed by atoms with Gasteiger partial charge in [-0.1, -0.05) is 49.7 Å². The molecule has 0 radical (unpaired) electrons. The first-order valence-corrected chi connectivity index (χ1v) is 10.5. The van der Waals surface area contributed by atoms with Crippen LogP contribution in [0.15, 0.2) is 48.5 Å². The van der Waals surface area contributed by atoms with Crippen molar-refractivity contribution in [2.45, 2.75) is 33.1 Å². The number of rotatable bonds is 7. The zero-order valence-corrected chi connectivity index (χ0v) is 16.5. The first-order valence-electron chi connectivity index (χ1n) is 8.61. The van der Waals surface area contributed by atoms with Crippen molar-refractivity contribution in [3.05, 3.63) is 59.7 Å². The molecule has 2 aromatic carbocycles. The lowest BCUT2D eigenvalue weighted by Gasteiger charge is -2.22. The molecule has 1 amide bonds. The number of anilines is 2. The minimum Gasteiger partial charge on any atom is -0.326 e. The molecule has 0 spiro atoms. The maximum atomic E-state index is 12.4. The van der Waals surface area contributed by atoms with Crippen LogP contribution in [0.2, 0.25) is 0 Å². The highest BCUT2D eigenvalue weighted by molar-refractivity contribution is 7.92. The summed E-state index contributed by atoms with van der Waals surface area (Å²) in [6.45, 7) is 6.16. The molecule has 0 heterocycles. The highest BCUT2D eigenvalue weighted by atomic mass is 32.2. The number of para-hydroxylation sites is 1. The van der Waals surface area contributed by atoms with E-state index in [0.717, 1.165) is 23.1 Å². The average molecular weight is 375 g/mol. The first-order chi connectivity index (χ1) is 12.2. The summed E-state index contributed by atoms with van der Waals surface area (Å²) in [6, 6.07) is 14.9. The van der Waals surface area contributed by atoms with E-state index in [2.05, 4.69) is 19.2 Å². The summed E-state index contributed by atoms with van der Waals surface area (Å²) in [6.07, 6.45) is 1.23. The van der Waals surface area contributed by atoms with Gasteiger partial charge in [-0.05, 0) is 36.6 Å². The number of benzene rings is 2. The molecule has 140 valence electrons. The third-order valence-corrected chi connectivity index (χ3v) is 5.32. The lowest BCUT2D eigenvalue weighted by molar-refractivity contribution is -0.116. The van der Waals surface area contributed by atoms with Crippen LogP contribution in [-0.4, -0.2) is 27.1 Å². The molecule has 0 aliphatic heterocycles. The fraction of sp³-hybridized carbons (Fsp3) is 0.350. The molecule has 6 heteroatoms. The molecule has 2 aromatic rings. The third-order valence-electron chi connectivity index (χ3n) is 4.12. The lowest BCUT2D eigenvalue weighted by Crippen LogP contribution is -2.33. The number of sulfonamides is 1. The summed E-state index contributed by atoms with van der Waals surface area (Å²) in [5.74, 6) is 0.0745. The second-order valence-corrected chi connectivity index (χ2v) is 8.62. The largest absolute Gasteiger partial charge is 0.326 e. The van der Waals surface area contributed by atoms with Crippen molar-refractivity contribution in [3.8, 4) is 0 Å². The predicted molar refractivity (Wildman–Crippen MR) is 107 cm³/mol. The van der Waals surface area contributed by atoms with Gasteiger partial charge in [0.1, 0.15) is 0 Å². The summed E-state index contributed by atoms with van der Waals surface area (Å²) < 4.78 is 25.5. The number of carbonyl (C=O) groups is 1. The Balaban J connectivity index is 2.09. The van der Waals surface area contributed by atoms with Crippen LogP contribution >= 0.6 is 0 Å². The fourth-order valence-electron chi connectivity index (χ4n) is 2.73. The Morgan fingerprint density at radius 1 is 1.08 bits per heavy atom. The minimum absolute atomic E-state index is 0.0768. The van der Waals surface area contributed by atoms with E-state index in [1.807, 2.05) is 43.3 Å². The van der Waals surface area contributed by atoms with Crippen LogP contribution in [0, 0.1) is 6.92 Å². The van der Waals surface area contributed by atoms with Gasteiger partial charge in [-0.15, -0.1) is 0 Å². The van der Waals surface area contributed by atoms with Crippen LogP contribution in [0.3, 0.4) is 0 Å². The van der Waals surface area contributed by atoms with E-state index in [1.165, 1.54) is 4.31 Å². The highest BCUT2D eigenvalue weighted by Crippen LogP contribution is 2.24. The van der Waals surface area contributed by atoms with Gasteiger partial charge in [0.05, 0.1) is 11.9 Å². The van der Waals surface area contributed by atoms with Crippen molar-refractivity contribution >= 4 is 27.3 Å². The lowest BCUT2D eigenvalue weighted by atomic mass is 10.0. The van der Waals surface area contributed by atoms with Gasteiger partial charge < -0.3 is 5.32 Å². The second kappa shape index (κ2) is 8.36. The zero-order chi connectivity index (χ0) is 19.3. The molecule has 1 N–H and O–H groups in total. The number of nitrogens with zero attached hydrogens (tertiary/aromatic N) is 1. The Kier molecular flexibility index (Phi) is 6.42. The standard InChI is InChI=1S/C20H26N2O3S/c1-15(2)18-7-5-6-8-19(18)21-20(23)13-14-22(26(4,24)25)17-11-9-16(3)10-12-17/h5-12,15H,13-14H2,1-4H3,(H,21,23). The number of carbonyl (C=O) groups excluding carboxylic acids is 1. The maximum Gasteiger partial charge on any atom is 0.232 e. The van der Waals surface area contributed by atoms with E-state index in [4.69, 9.17) is 0 Å². The molecule has 0 aliphatic rings. The van der Waals surface area contributed by atoms with Gasteiger partial charge in [0, 0.05) is 18.7 Å². The Bertz CT molecular complexity index is 859. The first kappa shape index (κ1) is 20.0. The molecule has 0 saturated carbocycles. The maximum absolute atomic E-state index is 12.4. The smallest absolute Gasteiger partial charge is 0.232 e. The van der Waals surface area contributed by atoms with Gasteiger partial charge in [0.25, 0.3) is 0 Å². The van der Waals surface area contributed by atoms with E-state index in [0.29, 0.717) is 5.69 Å². The van der Waals surface area contributed by atoms with Gasteiger partial charge in [-0.2, -0.15) is 0 Å². The molecule has 0 atom stereocenters. The molecule has 2 rings (SSSR count). The van der Waals surface area contributed by atoms with Crippen LogP contribution in [0.25, 0.3) is 0 Å². The zero-order valence-electron chi connectivity index (χ0n) is 15.7. The molecule has 5 nitrogen and oxygen atoms in total. The molecule has 0 aromatic heterocycles. The topological polar surface area (TPSA) is 66.5 Å². The third kappa shape index (κ3) is 5.33. The number of aryl methyl sites for hydroxylation is 1. The predicted octanol–water partition coefficient (Wildman–Crippen LogP) is 3.91. The van der Waals surface area contributed by atoms with Crippen LogP contribution in [-0.2, 0) is 14.8 Å². The minimum atomic E-state index is -3.47. The summed E-state index contributed by atoms with van der Waals surface area (Å²) >= 11 is 0.